The van der Waals surface area contributed by atoms with Gasteiger partial charge in [0.25, 0.3) is 0 Å². The lowest BCUT2D eigenvalue weighted by atomic mass is 9.90. The molecule has 19 heavy (non-hydrogen) atoms. The number of hydrogen-bond acceptors (Lipinski definition) is 2. The number of piperidine rings is 1. The van der Waals surface area contributed by atoms with Crippen LogP contribution in [0.1, 0.15) is 37.7 Å². The van der Waals surface area contributed by atoms with Crippen molar-refractivity contribution in [1.82, 2.24) is 4.90 Å². The van der Waals surface area contributed by atoms with E-state index in [1.54, 1.807) is 0 Å². The first-order valence-corrected chi connectivity index (χ1v) is 7.75. The number of aliphatic hydroxyl groups excluding tert-OH is 1. The van der Waals surface area contributed by atoms with Gasteiger partial charge in [0.05, 0.1) is 0 Å². The molecule has 0 unspecified atom stereocenters. The lowest BCUT2D eigenvalue weighted by molar-refractivity contribution is 0.179. The van der Waals surface area contributed by atoms with Crippen LogP contribution in [0.4, 0.5) is 0 Å². The Hall–Kier alpha value is -0.860. The zero-order valence-corrected chi connectivity index (χ0v) is 11.9. The molecule has 2 rings (SSSR count). The maximum absolute atomic E-state index is 8.76. The summed E-state index contributed by atoms with van der Waals surface area (Å²) in [6, 6.07) is 10.9. The number of likely N-dealkylation sites (tertiary alicyclic amines) is 1. The SMILES string of the molecule is OCCCCCN1CCC(Cc2ccccc2)CC1. The van der Waals surface area contributed by atoms with E-state index in [0.29, 0.717) is 6.61 Å². The summed E-state index contributed by atoms with van der Waals surface area (Å²) in [6.07, 6.45) is 7.30. The second-order valence-corrected chi connectivity index (χ2v) is 5.76. The van der Waals surface area contributed by atoms with Crippen LogP contribution >= 0.6 is 0 Å². The Kier molecular flexibility index (Phi) is 6.38. The predicted octanol–water partition coefficient (Wildman–Crippen LogP) is 3.10. The van der Waals surface area contributed by atoms with Crippen LogP contribution in [0.15, 0.2) is 30.3 Å². The number of aliphatic hydroxyl groups is 1. The third-order valence-electron chi connectivity index (χ3n) is 4.21. The highest BCUT2D eigenvalue weighted by Gasteiger charge is 2.18. The van der Waals surface area contributed by atoms with Gasteiger partial charge in [-0.15, -0.1) is 0 Å². The van der Waals surface area contributed by atoms with Crippen molar-refractivity contribution in [2.75, 3.05) is 26.2 Å². The van der Waals surface area contributed by atoms with Crippen LogP contribution in [0.2, 0.25) is 0 Å². The third-order valence-corrected chi connectivity index (χ3v) is 4.21. The molecule has 2 heteroatoms. The standard InChI is InChI=1S/C17H27NO/c19-14-6-2-5-11-18-12-9-17(10-13-18)15-16-7-3-1-4-8-16/h1,3-4,7-8,17,19H,2,5-6,9-15H2. The van der Waals surface area contributed by atoms with Crippen molar-refractivity contribution >= 4 is 0 Å². The monoisotopic (exact) mass is 261 g/mol. The lowest BCUT2D eigenvalue weighted by Gasteiger charge is -2.32. The van der Waals surface area contributed by atoms with Crippen molar-refractivity contribution in [1.29, 1.82) is 0 Å². The van der Waals surface area contributed by atoms with E-state index in [4.69, 9.17) is 5.11 Å². The van der Waals surface area contributed by atoms with Crippen molar-refractivity contribution in [3.8, 4) is 0 Å². The third kappa shape index (κ3) is 5.33. The number of benzene rings is 1. The van der Waals surface area contributed by atoms with Crippen LogP contribution < -0.4 is 0 Å². The number of rotatable bonds is 7. The lowest BCUT2D eigenvalue weighted by Crippen LogP contribution is -2.35. The fourth-order valence-electron chi connectivity index (χ4n) is 2.99. The summed E-state index contributed by atoms with van der Waals surface area (Å²) in [4.78, 5) is 2.60. The molecule has 1 heterocycles. The van der Waals surface area contributed by atoms with Gasteiger partial charge in [-0.25, -0.2) is 0 Å². The quantitative estimate of drug-likeness (QED) is 0.762. The highest BCUT2D eigenvalue weighted by Crippen LogP contribution is 2.21. The molecule has 0 aliphatic carbocycles. The van der Waals surface area contributed by atoms with Gasteiger partial charge in [-0.3, -0.25) is 0 Å². The van der Waals surface area contributed by atoms with Crippen molar-refractivity contribution in [2.24, 2.45) is 5.92 Å². The molecule has 0 radical (unpaired) electrons. The van der Waals surface area contributed by atoms with Gasteiger partial charge in [0.2, 0.25) is 0 Å². The van der Waals surface area contributed by atoms with Crippen LogP contribution in [0.5, 0.6) is 0 Å². The van der Waals surface area contributed by atoms with E-state index in [1.165, 1.54) is 57.3 Å². The summed E-state index contributed by atoms with van der Waals surface area (Å²) in [6.45, 7) is 4.09. The Balaban J connectivity index is 1.62. The van der Waals surface area contributed by atoms with Gasteiger partial charge in [-0.2, -0.15) is 0 Å². The van der Waals surface area contributed by atoms with Crippen molar-refractivity contribution in [2.45, 2.75) is 38.5 Å². The second-order valence-electron chi connectivity index (χ2n) is 5.76. The van der Waals surface area contributed by atoms with E-state index >= 15 is 0 Å². The van der Waals surface area contributed by atoms with Crippen LogP contribution in [0, 0.1) is 5.92 Å². The molecule has 106 valence electrons. The number of hydrogen-bond donors (Lipinski definition) is 1. The molecule has 1 aromatic rings. The number of nitrogens with zero attached hydrogens (tertiary/aromatic N) is 1. The van der Waals surface area contributed by atoms with Crippen LogP contribution in [0.3, 0.4) is 0 Å². The minimum Gasteiger partial charge on any atom is -0.396 e. The molecule has 2 nitrogen and oxygen atoms in total. The van der Waals surface area contributed by atoms with Crippen LogP contribution in [-0.4, -0.2) is 36.2 Å². The van der Waals surface area contributed by atoms with Gasteiger partial charge in [-0.05, 0) is 69.6 Å². The normalized spacial score (nSPS) is 17.7. The first kappa shape index (κ1) is 14.5. The molecule has 1 aliphatic heterocycles. The Bertz CT molecular complexity index is 330. The van der Waals surface area contributed by atoms with E-state index in [9.17, 15) is 0 Å². The van der Waals surface area contributed by atoms with E-state index in [2.05, 4.69) is 35.2 Å². The summed E-state index contributed by atoms with van der Waals surface area (Å²) >= 11 is 0. The minimum atomic E-state index is 0.346. The van der Waals surface area contributed by atoms with Gasteiger partial charge < -0.3 is 10.0 Å². The Morgan fingerprint density at radius 2 is 1.74 bits per heavy atom. The Morgan fingerprint density at radius 3 is 2.42 bits per heavy atom. The molecule has 1 N–H and O–H groups in total. The highest BCUT2D eigenvalue weighted by molar-refractivity contribution is 5.15. The molecule has 0 aromatic heterocycles. The van der Waals surface area contributed by atoms with Gasteiger partial charge in [0, 0.05) is 6.61 Å². The van der Waals surface area contributed by atoms with Gasteiger partial charge >= 0.3 is 0 Å². The Labute approximate surface area is 117 Å². The zero-order valence-electron chi connectivity index (χ0n) is 11.9. The van der Waals surface area contributed by atoms with Crippen molar-refractivity contribution < 1.29 is 5.11 Å². The van der Waals surface area contributed by atoms with E-state index in [-0.39, 0.29) is 0 Å². The highest BCUT2D eigenvalue weighted by atomic mass is 16.2. The average molecular weight is 261 g/mol. The van der Waals surface area contributed by atoms with E-state index in [1.807, 2.05) is 0 Å². The molecule has 0 spiro atoms. The first-order valence-electron chi connectivity index (χ1n) is 7.75. The van der Waals surface area contributed by atoms with E-state index < -0.39 is 0 Å². The zero-order chi connectivity index (χ0) is 13.3. The van der Waals surface area contributed by atoms with Crippen molar-refractivity contribution in [3.05, 3.63) is 35.9 Å². The van der Waals surface area contributed by atoms with Gasteiger partial charge in [0.1, 0.15) is 0 Å². The molecule has 1 aromatic carbocycles. The van der Waals surface area contributed by atoms with Crippen molar-refractivity contribution in [3.63, 3.8) is 0 Å². The molecular formula is C17H27NO. The summed E-state index contributed by atoms with van der Waals surface area (Å²) in [7, 11) is 0. The van der Waals surface area contributed by atoms with Crippen LogP contribution in [-0.2, 0) is 6.42 Å². The summed E-state index contributed by atoms with van der Waals surface area (Å²) in [5.41, 5.74) is 1.49. The molecule has 0 saturated carbocycles. The largest absolute Gasteiger partial charge is 0.396 e. The second kappa shape index (κ2) is 8.34. The van der Waals surface area contributed by atoms with Gasteiger partial charge in [0.15, 0.2) is 0 Å². The molecule has 1 fully saturated rings. The van der Waals surface area contributed by atoms with E-state index in [0.717, 1.165) is 12.3 Å². The molecule has 0 atom stereocenters. The summed E-state index contributed by atoms with van der Waals surface area (Å²) in [5.74, 6) is 0.871. The molecule has 1 saturated heterocycles. The Morgan fingerprint density at radius 1 is 1.00 bits per heavy atom. The average Bonchev–Trinajstić information content (AvgIpc) is 2.46. The molecule has 0 bridgehead atoms. The van der Waals surface area contributed by atoms with Crippen LogP contribution in [0.25, 0.3) is 0 Å². The smallest absolute Gasteiger partial charge is 0.0431 e. The summed E-state index contributed by atoms with van der Waals surface area (Å²) in [5, 5.41) is 8.76. The fourth-order valence-corrected chi connectivity index (χ4v) is 2.99. The maximum atomic E-state index is 8.76. The molecular weight excluding hydrogens is 234 g/mol. The van der Waals surface area contributed by atoms with Gasteiger partial charge in [-0.1, -0.05) is 30.3 Å². The topological polar surface area (TPSA) is 23.5 Å². The fraction of sp³-hybridized carbons (Fsp3) is 0.647. The predicted molar refractivity (Wildman–Crippen MR) is 80.2 cm³/mol. The summed E-state index contributed by atoms with van der Waals surface area (Å²) < 4.78 is 0. The maximum Gasteiger partial charge on any atom is 0.0431 e. The first-order chi connectivity index (χ1) is 9.38. The number of unbranched alkanes of at least 4 members (excludes halogenated alkanes) is 2. The molecule has 0 amide bonds. The minimum absolute atomic E-state index is 0.346. The molecule has 1 aliphatic rings.